The van der Waals surface area contributed by atoms with Crippen LogP contribution in [0.15, 0.2) is 71.9 Å². The Morgan fingerprint density at radius 2 is 1.89 bits per heavy atom. The fraction of sp³-hybridized carbons (Fsp3) is 0.0870. The molecule has 3 aromatic carbocycles. The van der Waals surface area contributed by atoms with Gasteiger partial charge in [0.25, 0.3) is 5.69 Å². The number of rotatable bonds is 8. The van der Waals surface area contributed by atoms with Crippen LogP contribution in [0.3, 0.4) is 0 Å². The molecule has 0 aliphatic rings. The normalized spacial score (nSPS) is 10.7. The zero-order valence-corrected chi connectivity index (χ0v) is 19.0. The second kappa shape index (κ2) is 10.3. The number of carbonyl (C=O) groups excluding carboxylic acids is 1. The molecule has 0 atom stereocenters. The van der Waals surface area contributed by atoms with Crippen LogP contribution in [-0.2, 0) is 4.79 Å². The largest absolute Gasteiger partial charge is 0.496 e. The third-order valence-electron chi connectivity index (χ3n) is 4.82. The molecule has 0 aliphatic heterocycles. The molecule has 0 bridgehead atoms. The molecule has 0 aliphatic carbocycles. The summed E-state index contributed by atoms with van der Waals surface area (Å²) in [7, 11) is 1.37. The van der Waals surface area contributed by atoms with E-state index in [9.17, 15) is 23.7 Å². The van der Waals surface area contributed by atoms with Crippen molar-refractivity contribution >= 4 is 29.0 Å². The number of hydrogen-bond donors (Lipinski definition) is 1. The van der Waals surface area contributed by atoms with Gasteiger partial charge in [-0.2, -0.15) is 0 Å². The molecule has 178 valence electrons. The van der Waals surface area contributed by atoms with E-state index in [1.165, 1.54) is 35.9 Å². The molecule has 9 nitrogen and oxygen atoms in total. The average Bonchev–Trinajstić information content (AvgIpc) is 3.27. The molecule has 4 aromatic rings. The maximum Gasteiger partial charge on any atom is 0.296 e. The number of methoxy groups -OCH3 is 1. The SMILES string of the molecule is COc1ccc(NC(=O)CSc2nnc(-c3ccccc3)n2-c2ccc(F)cc2F)c([N+](=O)[O-])c1. The first-order chi connectivity index (χ1) is 16.9. The minimum atomic E-state index is -0.831. The minimum Gasteiger partial charge on any atom is -0.496 e. The van der Waals surface area contributed by atoms with E-state index in [2.05, 4.69) is 15.5 Å². The summed E-state index contributed by atoms with van der Waals surface area (Å²) >= 11 is 0.942. The predicted molar refractivity (Wildman–Crippen MR) is 126 cm³/mol. The van der Waals surface area contributed by atoms with E-state index in [1.807, 2.05) is 0 Å². The summed E-state index contributed by atoms with van der Waals surface area (Å²) in [4.78, 5) is 23.3. The van der Waals surface area contributed by atoms with E-state index in [4.69, 9.17) is 4.74 Å². The van der Waals surface area contributed by atoms with Crippen LogP contribution in [0.25, 0.3) is 17.1 Å². The van der Waals surface area contributed by atoms with Gasteiger partial charge in [0.2, 0.25) is 5.91 Å². The lowest BCUT2D eigenvalue weighted by molar-refractivity contribution is -0.384. The van der Waals surface area contributed by atoms with Crippen molar-refractivity contribution in [3.63, 3.8) is 0 Å². The number of nitrogens with zero attached hydrogens (tertiary/aromatic N) is 4. The molecule has 0 saturated carbocycles. The highest BCUT2D eigenvalue weighted by molar-refractivity contribution is 7.99. The van der Waals surface area contributed by atoms with E-state index in [0.717, 1.165) is 23.9 Å². The number of nitro groups is 1. The van der Waals surface area contributed by atoms with Crippen molar-refractivity contribution in [3.05, 3.63) is 88.5 Å². The van der Waals surface area contributed by atoms with Gasteiger partial charge < -0.3 is 10.1 Å². The monoisotopic (exact) mass is 497 g/mol. The highest BCUT2D eigenvalue weighted by atomic mass is 32.2. The zero-order chi connectivity index (χ0) is 24.9. The first-order valence-corrected chi connectivity index (χ1v) is 11.1. The Kier molecular flexibility index (Phi) is 7.01. The number of benzene rings is 3. The van der Waals surface area contributed by atoms with Gasteiger partial charge in [-0.15, -0.1) is 10.2 Å². The number of thioether (sulfide) groups is 1. The van der Waals surface area contributed by atoms with E-state index in [0.29, 0.717) is 11.4 Å². The van der Waals surface area contributed by atoms with Crippen molar-refractivity contribution in [3.8, 4) is 22.8 Å². The molecule has 1 heterocycles. The highest BCUT2D eigenvalue weighted by Crippen LogP contribution is 2.31. The Morgan fingerprint density at radius 1 is 1.11 bits per heavy atom. The molecular formula is C23H17F2N5O4S. The fourth-order valence-corrected chi connectivity index (χ4v) is 3.97. The van der Waals surface area contributed by atoms with Gasteiger partial charge in [-0.1, -0.05) is 42.1 Å². The lowest BCUT2D eigenvalue weighted by Gasteiger charge is -2.12. The summed E-state index contributed by atoms with van der Waals surface area (Å²) in [6.07, 6.45) is 0. The average molecular weight is 497 g/mol. The number of anilines is 1. The first-order valence-electron chi connectivity index (χ1n) is 10.1. The molecule has 0 spiro atoms. The molecule has 1 N–H and O–H groups in total. The molecule has 1 amide bonds. The first kappa shape index (κ1) is 23.8. The van der Waals surface area contributed by atoms with E-state index < -0.39 is 22.5 Å². The quantitative estimate of drug-likeness (QED) is 0.210. The molecular weight excluding hydrogens is 480 g/mol. The van der Waals surface area contributed by atoms with Crippen LogP contribution in [0.4, 0.5) is 20.2 Å². The molecule has 12 heteroatoms. The van der Waals surface area contributed by atoms with Gasteiger partial charge in [0, 0.05) is 11.6 Å². The van der Waals surface area contributed by atoms with Gasteiger partial charge in [0.1, 0.15) is 23.1 Å². The highest BCUT2D eigenvalue weighted by Gasteiger charge is 2.21. The number of nitrogens with one attached hydrogen (secondary N) is 1. The maximum absolute atomic E-state index is 14.7. The van der Waals surface area contributed by atoms with Crippen molar-refractivity contribution in [2.24, 2.45) is 0 Å². The van der Waals surface area contributed by atoms with Crippen LogP contribution in [0.2, 0.25) is 0 Å². The van der Waals surface area contributed by atoms with Crippen molar-refractivity contribution in [2.75, 3.05) is 18.2 Å². The standard InChI is InChI=1S/C23H17F2N5O4S/c1-34-16-8-9-18(20(12-16)30(32)33)26-21(31)13-35-23-28-27-22(14-5-3-2-4-6-14)29(23)19-10-7-15(24)11-17(19)25/h2-12H,13H2,1H3,(H,26,31). The number of ether oxygens (including phenoxy) is 1. The molecule has 0 unspecified atom stereocenters. The van der Waals surface area contributed by atoms with Crippen LogP contribution < -0.4 is 10.1 Å². The second-order valence-electron chi connectivity index (χ2n) is 7.08. The Morgan fingerprint density at radius 3 is 2.57 bits per heavy atom. The molecule has 0 fully saturated rings. The van der Waals surface area contributed by atoms with Crippen LogP contribution in [0, 0.1) is 21.7 Å². The predicted octanol–water partition coefficient (Wildman–Crippen LogP) is 4.86. The van der Waals surface area contributed by atoms with Crippen LogP contribution in [0.1, 0.15) is 0 Å². The summed E-state index contributed by atoms with van der Waals surface area (Å²) in [5.41, 5.74) is 0.306. The fourth-order valence-electron chi connectivity index (χ4n) is 3.23. The Hall–Kier alpha value is -4.32. The van der Waals surface area contributed by atoms with Crippen LogP contribution in [-0.4, -0.2) is 38.5 Å². The number of carbonyl (C=O) groups is 1. The van der Waals surface area contributed by atoms with Gasteiger partial charge in [0.15, 0.2) is 11.0 Å². The number of aromatic nitrogens is 3. The number of nitro benzene ring substituents is 1. The summed E-state index contributed by atoms with van der Waals surface area (Å²) in [6.45, 7) is 0. The van der Waals surface area contributed by atoms with E-state index >= 15 is 0 Å². The van der Waals surface area contributed by atoms with Crippen LogP contribution >= 0.6 is 11.8 Å². The Balaban J connectivity index is 1.61. The summed E-state index contributed by atoms with van der Waals surface area (Å²) in [6, 6.07) is 16.0. The molecule has 0 saturated heterocycles. The van der Waals surface area contributed by atoms with E-state index in [1.54, 1.807) is 30.3 Å². The van der Waals surface area contributed by atoms with Crippen molar-refractivity contribution in [1.82, 2.24) is 14.8 Å². The Labute approximate surface area is 201 Å². The second-order valence-corrected chi connectivity index (χ2v) is 8.02. The third kappa shape index (κ3) is 5.27. The third-order valence-corrected chi connectivity index (χ3v) is 5.75. The summed E-state index contributed by atoms with van der Waals surface area (Å²) in [5, 5.41) is 22.3. The molecule has 1 aromatic heterocycles. The number of hydrogen-bond acceptors (Lipinski definition) is 7. The number of amides is 1. The smallest absolute Gasteiger partial charge is 0.296 e. The summed E-state index contributed by atoms with van der Waals surface area (Å²) < 4.78 is 34.6. The molecule has 0 radical (unpaired) electrons. The topological polar surface area (TPSA) is 112 Å². The lowest BCUT2D eigenvalue weighted by atomic mass is 10.2. The van der Waals surface area contributed by atoms with Crippen LogP contribution in [0.5, 0.6) is 5.75 Å². The van der Waals surface area contributed by atoms with Gasteiger partial charge in [-0.05, 0) is 24.3 Å². The van der Waals surface area contributed by atoms with Gasteiger partial charge in [-0.25, -0.2) is 8.78 Å². The maximum atomic E-state index is 14.7. The Bertz CT molecular complexity index is 1400. The van der Waals surface area contributed by atoms with Crippen molar-refractivity contribution in [1.29, 1.82) is 0 Å². The van der Waals surface area contributed by atoms with Gasteiger partial charge in [0.05, 0.1) is 29.5 Å². The van der Waals surface area contributed by atoms with E-state index in [-0.39, 0.29) is 33.7 Å². The lowest BCUT2D eigenvalue weighted by Crippen LogP contribution is -2.15. The zero-order valence-electron chi connectivity index (χ0n) is 18.1. The minimum absolute atomic E-state index is 0.00239. The van der Waals surface area contributed by atoms with Gasteiger partial charge >= 0.3 is 0 Å². The van der Waals surface area contributed by atoms with Crippen molar-refractivity contribution in [2.45, 2.75) is 5.16 Å². The van der Waals surface area contributed by atoms with Gasteiger partial charge in [-0.3, -0.25) is 19.5 Å². The molecule has 4 rings (SSSR count). The number of halogens is 2. The molecule has 35 heavy (non-hydrogen) atoms. The van der Waals surface area contributed by atoms with Crippen molar-refractivity contribution < 1.29 is 23.2 Å². The summed E-state index contributed by atoms with van der Waals surface area (Å²) in [5.74, 6) is -1.77.